The summed E-state index contributed by atoms with van der Waals surface area (Å²) >= 11 is 0. The molecule has 92 valence electrons. The molecular formula is C12H12N4O2. The smallest absolute Gasteiger partial charge is 0.239 e. The number of pyridine rings is 1. The Morgan fingerprint density at radius 3 is 2.94 bits per heavy atom. The maximum atomic E-state index is 11.7. The van der Waals surface area contributed by atoms with E-state index in [2.05, 4.69) is 20.4 Å². The van der Waals surface area contributed by atoms with Crippen molar-refractivity contribution >= 4 is 5.91 Å². The fourth-order valence-electron chi connectivity index (χ4n) is 2.00. The second-order valence-electron chi connectivity index (χ2n) is 4.18. The number of carbonyl (C=O) groups excluding carboxylic acids is 1. The van der Waals surface area contributed by atoms with Gasteiger partial charge in [0.25, 0.3) is 0 Å². The lowest BCUT2D eigenvalue weighted by Crippen LogP contribution is -2.35. The minimum absolute atomic E-state index is 0.0359. The van der Waals surface area contributed by atoms with Crippen molar-refractivity contribution in [1.82, 2.24) is 20.4 Å². The zero-order valence-electron chi connectivity index (χ0n) is 9.67. The Labute approximate surface area is 103 Å². The summed E-state index contributed by atoms with van der Waals surface area (Å²) in [5, 5.41) is 6.71. The third-order valence-electron chi connectivity index (χ3n) is 2.96. The second kappa shape index (κ2) is 4.56. The van der Waals surface area contributed by atoms with E-state index in [1.54, 1.807) is 24.5 Å². The van der Waals surface area contributed by atoms with Crippen LogP contribution in [0.3, 0.4) is 0 Å². The van der Waals surface area contributed by atoms with Gasteiger partial charge in [-0.3, -0.25) is 9.78 Å². The number of carbonyl (C=O) groups is 1. The molecule has 2 aromatic rings. The molecule has 3 heterocycles. The van der Waals surface area contributed by atoms with Crippen LogP contribution in [-0.2, 0) is 4.79 Å². The molecule has 1 aliphatic heterocycles. The third kappa shape index (κ3) is 1.97. The Balaban J connectivity index is 1.87. The normalized spacial score (nSPS) is 19.6. The van der Waals surface area contributed by atoms with E-state index in [0.717, 1.165) is 24.9 Å². The summed E-state index contributed by atoms with van der Waals surface area (Å²) in [5.74, 6) is 0.526. The molecule has 0 saturated carbocycles. The van der Waals surface area contributed by atoms with E-state index in [1.165, 1.54) is 0 Å². The zero-order chi connectivity index (χ0) is 12.4. The van der Waals surface area contributed by atoms with Crippen LogP contribution < -0.4 is 5.32 Å². The van der Waals surface area contributed by atoms with Gasteiger partial charge in [-0.15, -0.1) is 0 Å². The van der Waals surface area contributed by atoms with Gasteiger partial charge in [0.15, 0.2) is 0 Å². The molecule has 0 aromatic carbocycles. The molecule has 3 rings (SSSR count). The van der Waals surface area contributed by atoms with Gasteiger partial charge in [-0.05, 0) is 25.0 Å². The summed E-state index contributed by atoms with van der Waals surface area (Å²) in [6.45, 7) is 0.723. The van der Waals surface area contributed by atoms with Gasteiger partial charge in [-0.2, -0.15) is 4.98 Å². The minimum atomic E-state index is -0.318. The number of amides is 1. The number of nitrogens with one attached hydrogen (secondary N) is 1. The number of rotatable bonds is 2. The molecule has 0 bridgehead atoms. The first-order valence-corrected chi connectivity index (χ1v) is 5.86. The maximum Gasteiger partial charge on any atom is 0.239 e. The molecule has 1 unspecified atom stereocenters. The van der Waals surface area contributed by atoms with E-state index in [9.17, 15) is 4.79 Å². The van der Waals surface area contributed by atoms with E-state index in [0.29, 0.717) is 11.7 Å². The van der Waals surface area contributed by atoms with Crippen LogP contribution >= 0.6 is 0 Å². The molecule has 1 atom stereocenters. The predicted molar refractivity (Wildman–Crippen MR) is 62.5 cm³/mol. The Morgan fingerprint density at radius 2 is 2.17 bits per heavy atom. The molecule has 2 aromatic heterocycles. The van der Waals surface area contributed by atoms with E-state index < -0.39 is 0 Å². The molecule has 1 aliphatic rings. The fraction of sp³-hybridized carbons (Fsp3) is 0.333. The summed E-state index contributed by atoms with van der Waals surface area (Å²) < 4.78 is 5.19. The standard InChI is InChI=1S/C12H12N4O2/c17-11-9(2-1-5-14-11)12-15-10(16-18-12)8-3-6-13-7-4-8/h3-4,6-7,9H,1-2,5H2,(H,14,17). The van der Waals surface area contributed by atoms with Crippen LogP contribution in [0.25, 0.3) is 11.4 Å². The van der Waals surface area contributed by atoms with Gasteiger partial charge in [0.05, 0.1) is 0 Å². The Morgan fingerprint density at radius 1 is 1.33 bits per heavy atom. The molecule has 1 amide bonds. The average molecular weight is 244 g/mol. The topological polar surface area (TPSA) is 80.9 Å². The van der Waals surface area contributed by atoms with Crippen LogP contribution in [0.2, 0.25) is 0 Å². The summed E-state index contributed by atoms with van der Waals surface area (Å²) in [5.41, 5.74) is 0.830. The van der Waals surface area contributed by atoms with Crippen LogP contribution in [0.1, 0.15) is 24.7 Å². The van der Waals surface area contributed by atoms with E-state index >= 15 is 0 Å². The van der Waals surface area contributed by atoms with Crippen molar-refractivity contribution in [2.45, 2.75) is 18.8 Å². The van der Waals surface area contributed by atoms with Crippen LogP contribution in [-0.4, -0.2) is 27.6 Å². The van der Waals surface area contributed by atoms with Crippen molar-refractivity contribution in [3.05, 3.63) is 30.4 Å². The van der Waals surface area contributed by atoms with Gasteiger partial charge in [-0.1, -0.05) is 5.16 Å². The third-order valence-corrected chi connectivity index (χ3v) is 2.96. The van der Waals surface area contributed by atoms with Crippen LogP contribution in [0.4, 0.5) is 0 Å². The second-order valence-corrected chi connectivity index (χ2v) is 4.18. The van der Waals surface area contributed by atoms with Crippen LogP contribution in [0.5, 0.6) is 0 Å². The molecule has 0 radical (unpaired) electrons. The first-order chi connectivity index (χ1) is 8.84. The van der Waals surface area contributed by atoms with Gasteiger partial charge in [0.2, 0.25) is 17.6 Å². The van der Waals surface area contributed by atoms with Gasteiger partial charge in [-0.25, -0.2) is 0 Å². The number of piperidine rings is 1. The Hall–Kier alpha value is -2.24. The van der Waals surface area contributed by atoms with Crippen molar-refractivity contribution < 1.29 is 9.32 Å². The zero-order valence-corrected chi connectivity index (χ0v) is 9.67. The fourth-order valence-corrected chi connectivity index (χ4v) is 2.00. The molecule has 6 nitrogen and oxygen atoms in total. The first-order valence-electron chi connectivity index (χ1n) is 5.86. The van der Waals surface area contributed by atoms with Crippen molar-refractivity contribution in [1.29, 1.82) is 0 Å². The summed E-state index contributed by atoms with van der Waals surface area (Å²) in [6.07, 6.45) is 5.02. The molecule has 1 fully saturated rings. The Kier molecular flexibility index (Phi) is 2.76. The molecule has 18 heavy (non-hydrogen) atoms. The number of nitrogens with zero attached hydrogens (tertiary/aromatic N) is 3. The van der Waals surface area contributed by atoms with Gasteiger partial charge in [0.1, 0.15) is 5.92 Å². The van der Waals surface area contributed by atoms with Crippen molar-refractivity contribution in [2.24, 2.45) is 0 Å². The van der Waals surface area contributed by atoms with E-state index in [-0.39, 0.29) is 11.8 Å². The molecule has 0 spiro atoms. The lowest BCUT2D eigenvalue weighted by atomic mass is 9.99. The number of hydrogen-bond donors (Lipinski definition) is 1. The predicted octanol–water partition coefficient (Wildman–Crippen LogP) is 1.13. The molecular weight excluding hydrogens is 232 g/mol. The van der Waals surface area contributed by atoms with Gasteiger partial charge < -0.3 is 9.84 Å². The van der Waals surface area contributed by atoms with Gasteiger partial charge >= 0.3 is 0 Å². The summed E-state index contributed by atoms with van der Waals surface area (Å²) in [6, 6.07) is 3.60. The van der Waals surface area contributed by atoms with Crippen molar-refractivity contribution in [3.63, 3.8) is 0 Å². The van der Waals surface area contributed by atoms with E-state index in [4.69, 9.17) is 4.52 Å². The largest absolute Gasteiger partial charge is 0.355 e. The highest BCUT2D eigenvalue weighted by Crippen LogP contribution is 2.24. The summed E-state index contributed by atoms with van der Waals surface area (Å²) in [7, 11) is 0. The number of aromatic nitrogens is 3. The maximum absolute atomic E-state index is 11.7. The first kappa shape index (κ1) is 10.9. The van der Waals surface area contributed by atoms with Crippen molar-refractivity contribution in [2.75, 3.05) is 6.54 Å². The van der Waals surface area contributed by atoms with Crippen LogP contribution in [0.15, 0.2) is 29.0 Å². The Bertz CT molecular complexity index is 552. The van der Waals surface area contributed by atoms with E-state index in [1.807, 2.05) is 0 Å². The number of hydrogen-bond acceptors (Lipinski definition) is 5. The summed E-state index contributed by atoms with van der Waals surface area (Å²) in [4.78, 5) is 19.9. The highest BCUT2D eigenvalue weighted by Gasteiger charge is 2.29. The average Bonchev–Trinajstić information content (AvgIpc) is 2.90. The van der Waals surface area contributed by atoms with Crippen LogP contribution in [0, 0.1) is 0 Å². The molecule has 6 heteroatoms. The highest BCUT2D eigenvalue weighted by atomic mass is 16.5. The SMILES string of the molecule is O=C1NCCCC1c1nc(-c2ccncc2)no1. The van der Waals surface area contributed by atoms with Crippen molar-refractivity contribution in [3.8, 4) is 11.4 Å². The lowest BCUT2D eigenvalue weighted by Gasteiger charge is -2.17. The molecule has 1 N–H and O–H groups in total. The quantitative estimate of drug-likeness (QED) is 0.856. The molecule has 0 aliphatic carbocycles. The molecule has 1 saturated heterocycles. The highest BCUT2D eigenvalue weighted by molar-refractivity contribution is 5.83. The lowest BCUT2D eigenvalue weighted by molar-refractivity contribution is -0.124. The van der Waals surface area contributed by atoms with Gasteiger partial charge in [0, 0.05) is 24.5 Å². The monoisotopic (exact) mass is 244 g/mol. The minimum Gasteiger partial charge on any atom is -0.355 e.